The summed E-state index contributed by atoms with van der Waals surface area (Å²) in [6.07, 6.45) is 4.40. The molecule has 0 saturated heterocycles. The third-order valence-corrected chi connectivity index (χ3v) is 8.58. The molecule has 8 heteroatoms. The topological polar surface area (TPSA) is 130 Å². The smallest absolute Gasteiger partial charge is 0.334 e. The molecule has 33 heavy (non-hydrogen) atoms. The van der Waals surface area contributed by atoms with Gasteiger partial charge in [-0.15, -0.1) is 0 Å². The average molecular weight is 463 g/mol. The van der Waals surface area contributed by atoms with Crippen LogP contribution in [0.15, 0.2) is 23.3 Å². The highest BCUT2D eigenvalue weighted by molar-refractivity contribution is 5.92. The number of ether oxygens (including phenoxy) is 2. The summed E-state index contributed by atoms with van der Waals surface area (Å²) in [6, 6.07) is 0. The summed E-state index contributed by atoms with van der Waals surface area (Å²) in [4.78, 5) is 35.6. The third kappa shape index (κ3) is 3.71. The summed E-state index contributed by atoms with van der Waals surface area (Å²) in [6.45, 7) is 6.02. The lowest BCUT2D eigenvalue weighted by Crippen LogP contribution is -2.69. The van der Waals surface area contributed by atoms with E-state index in [0.717, 1.165) is 11.1 Å². The van der Waals surface area contributed by atoms with Crippen LogP contribution in [0.1, 0.15) is 65.7 Å². The van der Waals surface area contributed by atoms with Crippen molar-refractivity contribution >= 4 is 17.9 Å². The van der Waals surface area contributed by atoms with Crippen molar-refractivity contribution in [2.24, 2.45) is 23.2 Å². The second-order valence-electron chi connectivity index (χ2n) is 10.7. The van der Waals surface area contributed by atoms with Gasteiger partial charge in [0.15, 0.2) is 6.10 Å². The van der Waals surface area contributed by atoms with Crippen molar-refractivity contribution in [2.45, 2.75) is 83.0 Å². The zero-order chi connectivity index (χ0) is 24.2. The van der Waals surface area contributed by atoms with Crippen LogP contribution in [0.3, 0.4) is 0 Å². The lowest BCUT2D eigenvalue weighted by molar-refractivity contribution is -0.242. The van der Waals surface area contributed by atoms with Crippen molar-refractivity contribution in [3.05, 3.63) is 23.3 Å². The summed E-state index contributed by atoms with van der Waals surface area (Å²) in [5, 5.41) is 32.5. The number of esters is 2. The largest absolute Gasteiger partial charge is 0.481 e. The van der Waals surface area contributed by atoms with Crippen molar-refractivity contribution in [3.63, 3.8) is 0 Å². The highest BCUT2D eigenvalue weighted by Crippen LogP contribution is 2.62. The number of aliphatic carboxylic acids is 1. The van der Waals surface area contributed by atoms with E-state index in [1.807, 2.05) is 19.9 Å². The van der Waals surface area contributed by atoms with Crippen LogP contribution in [0, 0.1) is 23.2 Å². The minimum Gasteiger partial charge on any atom is -0.481 e. The number of carboxylic acid groups (broad SMARTS) is 1. The molecular formula is C25H34O8. The second kappa shape index (κ2) is 8.24. The van der Waals surface area contributed by atoms with Gasteiger partial charge < -0.3 is 24.8 Å². The highest BCUT2D eigenvalue weighted by atomic mass is 16.6. The molecule has 1 saturated carbocycles. The average Bonchev–Trinajstić information content (AvgIpc) is 3.10. The number of carbonyl (C=O) groups excluding carboxylic acids is 2. The number of carbonyl (C=O) groups is 3. The van der Waals surface area contributed by atoms with Crippen molar-refractivity contribution in [2.75, 3.05) is 6.61 Å². The molecular weight excluding hydrogens is 428 g/mol. The van der Waals surface area contributed by atoms with E-state index in [4.69, 9.17) is 14.6 Å². The van der Waals surface area contributed by atoms with Gasteiger partial charge in [-0.25, -0.2) is 4.79 Å². The SMILES string of the molecule is CC(C)[C@]1(O)C=C[C@H]2[C@@]3(C)CCC4=C(COC4=O)[C@@H]3CC[C@@]2(O)[C@@H]1OC(=O)CCCC(=O)O. The maximum absolute atomic E-state index is 12.6. The van der Waals surface area contributed by atoms with Gasteiger partial charge in [0, 0.05) is 24.3 Å². The first-order valence-electron chi connectivity index (χ1n) is 11.9. The molecule has 0 aromatic carbocycles. The van der Waals surface area contributed by atoms with E-state index < -0.39 is 29.2 Å². The zero-order valence-corrected chi connectivity index (χ0v) is 19.5. The van der Waals surface area contributed by atoms with E-state index in [1.54, 1.807) is 6.08 Å². The molecule has 0 spiro atoms. The number of carboxylic acids is 1. The summed E-state index contributed by atoms with van der Waals surface area (Å²) < 4.78 is 11.1. The molecule has 0 unspecified atom stereocenters. The van der Waals surface area contributed by atoms with Crippen LogP contribution in [0.4, 0.5) is 0 Å². The predicted molar refractivity (Wildman–Crippen MR) is 117 cm³/mol. The predicted octanol–water partition coefficient (Wildman–Crippen LogP) is 2.52. The third-order valence-electron chi connectivity index (χ3n) is 8.58. The van der Waals surface area contributed by atoms with Crippen LogP contribution in [0.2, 0.25) is 0 Å². The van der Waals surface area contributed by atoms with Crippen molar-refractivity contribution in [1.29, 1.82) is 0 Å². The Bertz CT molecular complexity index is 919. The molecule has 4 aliphatic rings. The van der Waals surface area contributed by atoms with E-state index in [2.05, 4.69) is 6.92 Å². The number of aliphatic hydroxyl groups is 2. The highest BCUT2D eigenvalue weighted by Gasteiger charge is 2.66. The summed E-state index contributed by atoms with van der Waals surface area (Å²) in [7, 11) is 0. The van der Waals surface area contributed by atoms with Crippen LogP contribution < -0.4 is 0 Å². The molecule has 3 aliphatic carbocycles. The summed E-state index contributed by atoms with van der Waals surface area (Å²) >= 11 is 0. The number of hydrogen-bond acceptors (Lipinski definition) is 7. The first kappa shape index (κ1) is 24.0. The number of cyclic esters (lactones) is 1. The Hall–Kier alpha value is -2.19. The monoisotopic (exact) mass is 462 g/mol. The molecule has 1 aliphatic heterocycles. The first-order valence-corrected chi connectivity index (χ1v) is 11.9. The van der Waals surface area contributed by atoms with E-state index >= 15 is 0 Å². The van der Waals surface area contributed by atoms with Crippen molar-refractivity contribution in [3.8, 4) is 0 Å². The van der Waals surface area contributed by atoms with Gasteiger partial charge in [-0.3, -0.25) is 9.59 Å². The van der Waals surface area contributed by atoms with Gasteiger partial charge >= 0.3 is 17.9 Å². The van der Waals surface area contributed by atoms with Gasteiger partial charge in [-0.05, 0) is 54.9 Å². The van der Waals surface area contributed by atoms with Gasteiger partial charge in [0.25, 0.3) is 0 Å². The van der Waals surface area contributed by atoms with Gasteiger partial charge in [0.2, 0.25) is 0 Å². The van der Waals surface area contributed by atoms with Gasteiger partial charge in [0.05, 0.1) is 0 Å². The summed E-state index contributed by atoms with van der Waals surface area (Å²) in [5.74, 6) is -2.51. The van der Waals surface area contributed by atoms with E-state index in [0.29, 0.717) is 32.3 Å². The Morgan fingerprint density at radius 1 is 1.24 bits per heavy atom. The molecule has 1 heterocycles. The zero-order valence-electron chi connectivity index (χ0n) is 19.5. The van der Waals surface area contributed by atoms with E-state index in [1.165, 1.54) is 0 Å². The minimum absolute atomic E-state index is 0.0692. The number of fused-ring (bicyclic) bond motifs is 4. The molecule has 0 bridgehead atoms. The minimum atomic E-state index is -1.55. The van der Waals surface area contributed by atoms with Crippen LogP contribution in [0.25, 0.3) is 0 Å². The van der Waals surface area contributed by atoms with E-state index in [9.17, 15) is 24.6 Å². The molecule has 0 aromatic heterocycles. The molecule has 8 nitrogen and oxygen atoms in total. The Kier molecular flexibility index (Phi) is 5.98. The van der Waals surface area contributed by atoms with Crippen LogP contribution in [-0.2, 0) is 23.9 Å². The lowest BCUT2D eigenvalue weighted by Gasteiger charge is -2.61. The second-order valence-corrected chi connectivity index (χ2v) is 10.7. The molecule has 1 fully saturated rings. The molecule has 4 rings (SSSR count). The maximum Gasteiger partial charge on any atom is 0.334 e. The van der Waals surface area contributed by atoms with Gasteiger partial charge in [-0.1, -0.05) is 32.9 Å². The normalized spacial score (nSPS) is 39.6. The van der Waals surface area contributed by atoms with Gasteiger partial charge in [0.1, 0.15) is 17.8 Å². The Labute approximate surface area is 193 Å². The van der Waals surface area contributed by atoms with Crippen LogP contribution >= 0.6 is 0 Å². The lowest BCUT2D eigenvalue weighted by atomic mass is 9.47. The summed E-state index contributed by atoms with van der Waals surface area (Å²) in [5.41, 5.74) is -1.63. The molecule has 0 radical (unpaired) electrons. The van der Waals surface area contributed by atoms with Crippen molar-refractivity contribution < 1.29 is 39.2 Å². The molecule has 182 valence electrons. The molecule has 6 atom stereocenters. The fourth-order valence-corrected chi connectivity index (χ4v) is 6.65. The first-order chi connectivity index (χ1) is 15.4. The maximum atomic E-state index is 12.6. The van der Waals surface area contributed by atoms with Crippen LogP contribution in [0.5, 0.6) is 0 Å². The van der Waals surface area contributed by atoms with Crippen molar-refractivity contribution in [1.82, 2.24) is 0 Å². The fourth-order valence-electron chi connectivity index (χ4n) is 6.65. The fraction of sp³-hybridized carbons (Fsp3) is 0.720. The molecule has 0 amide bonds. The quantitative estimate of drug-likeness (QED) is 0.405. The van der Waals surface area contributed by atoms with Gasteiger partial charge in [-0.2, -0.15) is 0 Å². The molecule has 0 aromatic rings. The molecule has 3 N–H and O–H groups in total. The Balaban J connectivity index is 1.66. The standard InChI is InChI=1S/C25H34O8/c1-14(2)24(30)12-9-18-23(3)10-7-15-16(13-32-21(15)29)17(23)8-11-25(18,31)22(24)33-20(28)6-4-5-19(26)27/h9,12,14,17-18,22,30-31H,4-8,10-11,13H2,1-3H3,(H,26,27)/t17-,18-,22+,23-,24+,25-/m0/s1. The van der Waals surface area contributed by atoms with E-state index in [-0.39, 0.29) is 48.4 Å². The Morgan fingerprint density at radius 2 is 1.97 bits per heavy atom. The Morgan fingerprint density at radius 3 is 2.64 bits per heavy atom. The number of hydrogen-bond donors (Lipinski definition) is 3. The number of rotatable bonds is 6. The van der Waals surface area contributed by atoms with Crippen LogP contribution in [-0.4, -0.2) is 57.1 Å².